The Labute approximate surface area is 92.7 Å². The van der Waals surface area contributed by atoms with Crippen molar-refractivity contribution >= 4 is 11.3 Å². The lowest BCUT2D eigenvalue weighted by Crippen LogP contribution is -2.22. The Kier molecular flexibility index (Phi) is 4.17. The molecule has 0 saturated carbocycles. The molecule has 1 aromatic carbocycles. The summed E-state index contributed by atoms with van der Waals surface area (Å²) in [7, 11) is 0. The van der Waals surface area contributed by atoms with Gasteiger partial charge in [0.25, 0.3) is 0 Å². The number of anilines is 1. The summed E-state index contributed by atoms with van der Waals surface area (Å²) in [5.41, 5.74) is 3.55. The zero-order valence-corrected chi connectivity index (χ0v) is 9.66. The molecule has 0 amide bonds. The van der Waals surface area contributed by atoms with E-state index in [1.54, 1.807) is 0 Å². The van der Waals surface area contributed by atoms with Crippen LogP contribution >= 0.6 is 0 Å². The van der Waals surface area contributed by atoms with Crippen LogP contribution in [0.3, 0.4) is 0 Å². The molecule has 0 radical (unpaired) electrons. The molecule has 0 atom stereocenters. The highest BCUT2D eigenvalue weighted by Gasteiger charge is 2.01. The van der Waals surface area contributed by atoms with Gasteiger partial charge in [-0.25, -0.2) is 0 Å². The van der Waals surface area contributed by atoms with Crippen molar-refractivity contribution in [2.75, 3.05) is 18.0 Å². The molecule has 0 unspecified atom stereocenters. The van der Waals surface area contributed by atoms with Crippen molar-refractivity contribution in [3.8, 4) is 0 Å². The van der Waals surface area contributed by atoms with Crippen molar-refractivity contribution in [3.63, 3.8) is 0 Å². The molecule has 0 N–H and O–H groups in total. The number of likely N-dealkylation sites (N-methyl/N-ethyl adjacent to an activating group) is 1. The molecule has 1 heteroatoms. The Bertz CT molecular complexity index is 335. The average molecular weight is 201 g/mol. The van der Waals surface area contributed by atoms with E-state index in [0.717, 1.165) is 18.7 Å². The van der Waals surface area contributed by atoms with Crippen LogP contribution in [0.25, 0.3) is 5.57 Å². The minimum atomic E-state index is 0.892. The van der Waals surface area contributed by atoms with E-state index >= 15 is 0 Å². The lowest BCUT2D eigenvalue weighted by molar-refractivity contribution is 0.907. The smallest absolute Gasteiger partial charge is 0.0369 e. The fraction of sp³-hybridized carbons (Fsp3) is 0.286. The molecule has 1 rings (SSSR count). The number of hydrogen-bond donors (Lipinski definition) is 0. The van der Waals surface area contributed by atoms with Crippen LogP contribution in [-0.2, 0) is 0 Å². The van der Waals surface area contributed by atoms with Crippen LogP contribution in [0.15, 0.2) is 43.5 Å². The van der Waals surface area contributed by atoms with E-state index in [4.69, 9.17) is 0 Å². The van der Waals surface area contributed by atoms with Gasteiger partial charge in [0, 0.05) is 18.8 Å². The van der Waals surface area contributed by atoms with Gasteiger partial charge in [0.05, 0.1) is 0 Å². The van der Waals surface area contributed by atoms with E-state index in [-0.39, 0.29) is 0 Å². The molecule has 0 spiro atoms. The lowest BCUT2D eigenvalue weighted by atomic mass is 10.1. The van der Waals surface area contributed by atoms with E-state index in [2.05, 4.69) is 49.2 Å². The summed E-state index contributed by atoms with van der Waals surface area (Å²) >= 11 is 0. The zero-order valence-electron chi connectivity index (χ0n) is 9.66. The van der Waals surface area contributed by atoms with Gasteiger partial charge in [-0.15, -0.1) is 6.58 Å². The number of allylic oxidation sites excluding steroid dienone is 1. The minimum Gasteiger partial charge on any atom is -0.368 e. The first-order valence-electron chi connectivity index (χ1n) is 5.30. The molecule has 0 bridgehead atoms. The molecule has 80 valence electrons. The lowest BCUT2D eigenvalue weighted by Gasteiger charge is -2.21. The second-order valence-corrected chi connectivity index (χ2v) is 3.65. The maximum atomic E-state index is 3.93. The first-order valence-corrected chi connectivity index (χ1v) is 5.30. The molecule has 0 aliphatic rings. The molecular weight excluding hydrogens is 182 g/mol. The van der Waals surface area contributed by atoms with Crippen molar-refractivity contribution in [1.82, 2.24) is 0 Å². The zero-order chi connectivity index (χ0) is 11.3. The van der Waals surface area contributed by atoms with Crippen molar-refractivity contribution in [3.05, 3.63) is 49.1 Å². The maximum absolute atomic E-state index is 3.93. The van der Waals surface area contributed by atoms with Gasteiger partial charge in [0.2, 0.25) is 0 Å². The summed E-state index contributed by atoms with van der Waals surface area (Å²) in [6.45, 7) is 13.8. The average Bonchev–Trinajstić information content (AvgIpc) is 2.26. The van der Waals surface area contributed by atoms with E-state index in [0.29, 0.717) is 0 Å². The van der Waals surface area contributed by atoms with Crippen molar-refractivity contribution in [1.29, 1.82) is 0 Å². The summed E-state index contributed by atoms with van der Waals surface area (Å²) in [5, 5.41) is 0. The maximum Gasteiger partial charge on any atom is 0.0369 e. The standard InChI is InChI=1S/C14H19N/c1-5-11-15(6-2)14-9-7-13(8-10-14)12(3)4/h5,7-10H,1,3,6,11H2,2,4H3. The highest BCUT2D eigenvalue weighted by molar-refractivity contribution is 5.64. The molecular formula is C14H19N. The molecule has 0 aromatic heterocycles. The predicted octanol–water partition coefficient (Wildman–Crippen LogP) is 3.73. The molecule has 1 aromatic rings. The van der Waals surface area contributed by atoms with Crippen LogP contribution in [0, 0.1) is 0 Å². The van der Waals surface area contributed by atoms with Crippen molar-refractivity contribution in [2.24, 2.45) is 0 Å². The predicted molar refractivity (Wildman–Crippen MR) is 69.2 cm³/mol. The van der Waals surface area contributed by atoms with Crippen LogP contribution in [0.5, 0.6) is 0 Å². The third-order valence-corrected chi connectivity index (χ3v) is 2.46. The van der Waals surface area contributed by atoms with Crippen LogP contribution in [-0.4, -0.2) is 13.1 Å². The number of rotatable bonds is 5. The first kappa shape index (κ1) is 11.6. The summed E-state index contributed by atoms with van der Waals surface area (Å²) < 4.78 is 0. The van der Waals surface area contributed by atoms with Gasteiger partial charge in [0.15, 0.2) is 0 Å². The number of benzene rings is 1. The van der Waals surface area contributed by atoms with Gasteiger partial charge < -0.3 is 4.90 Å². The fourth-order valence-corrected chi connectivity index (χ4v) is 1.53. The van der Waals surface area contributed by atoms with Gasteiger partial charge in [-0.2, -0.15) is 0 Å². The fourth-order valence-electron chi connectivity index (χ4n) is 1.53. The Morgan fingerprint density at radius 1 is 1.33 bits per heavy atom. The van der Waals surface area contributed by atoms with Gasteiger partial charge in [-0.3, -0.25) is 0 Å². The SMILES string of the molecule is C=CCN(CC)c1ccc(C(=C)C)cc1. The number of nitrogens with zero attached hydrogens (tertiary/aromatic N) is 1. The van der Waals surface area contributed by atoms with Crippen LogP contribution in [0.4, 0.5) is 5.69 Å². The highest BCUT2D eigenvalue weighted by Crippen LogP contribution is 2.18. The van der Waals surface area contributed by atoms with Crippen LogP contribution in [0.1, 0.15) is 19.4 Å². The van der Waals surface area contributed by atoms with E-state index < -0.39 is 0 Å². The van der Waals surface area contributed by atoms with E-state index in [1.807, 2.05) is 13.0 Å². The van der Waals surface area contributed by atoms with Gasteiger partial charge in [0.1, 0.15) is 0 Å². The third kappa shape index (κ3) is 2.98. The normalized spacial score (nSPS) is 9.73. The second kappa shape index (κ2) is 5.40. The summed E-state index contributed by atoms with van der Waals surface area (Å²) in [4.78, 5) is 2.27. The molecule has 0 aliphatic heterocycles. The number of hydrogen-bond acceptors (Lipinski definition) is 1. The van der Waals surface area contributed by atoms with Crippen molar-refractivity contribution < 1.29 is 0 Å². The largest absolute Gasteiger partial charge is 0.368 e. The van der Waals surface area contributed by atoms with Gasteiger partial charge >= 0.3 is 0 Å². The van der Waals surface area contributed by atoms with Crippen LogP contribution < -0.4 is 4.90 Å². The highest BCUT2D eigenvalue weighted by atomic mass is 15.1. The molecule has 0 saturated heterocycles. The van der Waals surface area contributed by atoms with E-state index in [1.165, 1.54) is 11.3 Å². The molecule has 0 heterocycles. The molecule has 0 fully saturated rings. The first-order chi connectivity index (χ1) is 7.19. The molecule has 15 heavy (non-hydrogen) atoms. The Morgan fingerprint density at radius 3 is 2.33 bits per heavy atom. The quantitative estimate of drug-likeness (QED) is 0.656. The minimum absolute atomic E-state index is 0.892. The van der Waals surface area contributed by atoms with Crippen LogP contribution in [0.2, 0.25) is 0 Å². The third-order valence-electron chi connectivity index (χ3n) is 2.46. The monoisotopic (exact) mass is 201 g/mol. The second-order valence-electron chi connectivity index (χ2n) is 3.65. The van der Waals surface area contributed by atoms with Gasteiger partial charge in [-0.1, -0.05) is 30.4 Å². The Hall–Kier alpha value is -1.50. The summed E-state index contributed by atoms with van der Waals surface area (Å²) in [6, 6.07) is 8.50. The van der Waals surface area contributed by atoms with Gasteiger partial charge in [-0.05, 0) is 31.5 Å². The molecule has 0 aliphatic carbocycles. The van der Waals surface area contributed by atoms with Crippen molar-refractivity contribution in [2.45, 2.75) is 13.8 Å². The Balaban J connectivity index is 2.86. The summed E-state index contributed by atoms with van der Waals surface area (Å²) in [5.74, 6) is 0. The summed E-state index contributed by atoms with van der Waals surface area (Å²) in [6.07, 6.45) is 1.93. The molecule has 1 nitrogen and oxygen atoms in total. The Morgan fingerprint density at radius 2 is 1.93 bits per heavy atom. The topological polar surface area (TPSA) is 3.24 Å². The van der Waals surface area contributed by atoms with E-state index in [9.17, 15) is 0 Å².